The highest BCUT2D eigenvalue weighted by molar-refractivity contribution is 5.87. The molecule has 2 aliphatic rings. The van der Waals surface area contributed by atoms with Crippen molar-refractivity contribution in [3.05, 3.63) is 0 Å². The van der Waals surface area contributed by atoms with Crippen LogP contribution in [0.15, 0.2) is 0 Å². The summed E-state index contributed by atoms with van der Waals surface area (Å²) >= 11 is 0. The van der Waals surface area contributed by atoms with E-state index < -0.39 is 24.0 Å². The van der Waals surface area contributed by atoms with E-state index in [0.29, 0.717) is 31.7 Å². The molecule has 1 aliphatic heterocycles. The molecule has 4 atom stereocenters. The molecule has 1 saturated heterocycles. The largest absolute Gasteiger partial charge is 0.481 e. The Balaban J connectivity index is 1.90. The Morgan fingerprint density at radius 2 is 1.88 bits per heavy atom. The molecule has 0 bridgehead atoms. The smallest absolute Gasteiger partial charge is 0.326 e. The van der Waals surface area contributed by atoms with E-state index in [1.54, 1.807) is 11.8 Å². The van der Waals surface area contributed by atoms with Gasteiger partial charge in [0.1, 0.15) is 6.04 Å². The number of unbranched alkanes of at least 4 members (excludes halogenated alkanes) is 1. The fourth-order valence-corrected chi connectivity index (χ4v) is 4.03. The average molecular weight is 340 g/mol. The molecule has 3 N–H and O–H groups in total. The van der Waals surface area contributed by atoms with Crippen molar-refractivity contribution in [3.63, 3.8) is 0 Å². The first kappa shape index (κ1) is 18.7. The molecule has 0 aromatic rings. The standard InChI is InChI=1S/C17H28N2O5/c1-11(18-9-5-4-8-15(20)21)16(22)19-13-7-3-2-6-12(13)10-14(19)17(23)24/h11-14,18H,2-10H2,1H3,(H,20,21)(H,23,24)/t11-,12-,13-,14-/m0/s1. The van der Waals surface area contributed by atoms with Gasteiger partial charge < -0.3 is 20.4 Å². The van der Waals surface area contributed by atoms with E-state index >= 15 is 0 Å². The zero-order valence-corrected chi connectivity index (χ0v) is 14.2. The molecule has 0 aromatic heterocycles. The van der Waals surface area contributed by atoms with Crippen LogP contribution in [0.5, 0.6) is 0 Å². The summed E-state index contributed by atoms with van der Waals surface area (Å²) < 4.78 is 0. The molecule has 0 spiro atoms. The second-order valence-electron chi connectivity index (χ2n) is 6.97. The van der Waals surface area contributed by atoms with Gasteiger partial charge in [-0.3, -0.25) is 9.59 Å². The van der Waals surface area contributed by atoms with E-state index in [4.69, 9.17) is 5.11 Å². The molecule has 2 rings (SSSR count). The molecule has 1 amide bonds. The minimum Gasteiger partial charge on any atom is -0.481 e. The number of carboxylic acid groups (broad SMARTS) is 2. The van der Waals surface area contributed by atoms with Gasteiger partial charge in [-0.25, -0.2) is 4.79 Å². The third kappa shape index (κ3) is 4.47. The molecule has 0 radical (unpaired) electrons. The zero-order valence-electron chi connectivity index (χ0n) is 14.2. The number of carbonyl (C=O) groups excluding carboxylic acids is 1. The second kappa shape index (κ2) is 8.46. The molecule has 7 heteroatoms. The summed E-state index contributed by atoms with van der Waals surface area (Å²) in [6.45, 7) is 2.31. The predicted molar refractivity (Wildman–Crippen MR) is 87.6 cm³/mol. The van der Waals surface area contributed by atoms with Crippen molar-refractivity contribution < 1.29 is 24.6 Å². The van der Waals surface area contributed by atoms with E-state index in [2.05, 4.69) is 5.32 Å². The first-order chi connectivity index (χ1) is 11.4. The summed E-state index contributed by atoms with van der Waals surface area (Å²) in [5.74, 6) is -1.56. The average Bonchev–Trinajstić information content (AvgIpc) is 2.93. The lowest BCUT2D eigenvalue weighted by Crippen LogP contribution is -2.53. The minimum absolute atomic E-state index is 0.0589. The maximum absolute atomic E-state index is 12.8. The van der Waals surface area contributed by atoms with Gasteiger partial charge in [-0.05, 0) is 51.5 Å². The van der Waals surface area contributed by atoms with Crippen LogP contribution in [0.1, 0.15) is 58.3 Å². The number of hydrogen-bond donors (Lipinski definition) is 3. The van der Waals surface area contributed by atoms with Gasteiger partial charge in [-0.15, -0.1) is 0 Å². The number of nitrogens with zero attached hydrogens (tertiary/aromatic N) is 1. The Kier molecular flexibility index (Phi) is 6.60. The molecule has 1 heterocycles. The number of nitrogens with one attached hydrogen (secondary N) is 1. The molecule has 7 nitrogen and oxygen atoms in total. The van der Waals surface area contributed by atoms with Gasteiger partial charge in [0.25, 0.3) is 0 Å². The number of carboxylic acids is 2. The van der Waals surface area contributed by atoms with Gasteiger partial charge in [0.05, 0.1) is 6.04 Å². The fourth-order valence-electron chi connectivity index (χ4n) is 4.03. The first-order valence-corrected chi connectivity index (χ1v) is 8.92. The van der Waals surface area contributed by atoms with Crippen LogP contribution in [0.4, 0.5) is 0 Å². The Hall–Kier alpha value is -1.63. The summed E-state index contributed by atoms with van der Waals surface area (Å²) in [5, 5.41) is 21.2. The van der Waals surface area contributed by atoms with Crippen molar-refractivity contribution >= 4 is 17.8 Å². The predicted octanol–water partition coefficient (Wildman–Crippen LogP) is 1.46. The van der Waals surface area contributed by atoms with Gasteiger partial charge in [-0.1, -0.05) is 12.8 Å². The van der Waals surface area contributed by atoms with Crippen LogP contribution in [0.3, 0.4) is 0 Å². The highest BCUT2D eigenvalue weighted by Crippen LogP contribution is 2.40. The molecule has 0 unspecified atom stereocenters. The minimum atomic E-state index is -0.911. The maximum atomic E-state index is 12.8. The van der Waals surface area contributed by atoms with Gasteiger partial charge in [0, 0.05) is 12.5 Å². The van der Waals surface area contributed by atoms with Gasteiger partial charge in [-0.2, -0.15) is 0 Å². The summed E-state index contributed by atoms with van der Waals surface area (Å²) in [6, 6.07) is -1.09. The molecular formula is C17H28N2O5. The SMILES string of the molecule is C[C@H](NCCCCC(=O)O)C(=O)N1[C@H](C(=O)O)C[C@@H]2CCCC[C@@H]21. The van der Waals surface area contributed by atoms with Crippen LogP contribution >= 0.6 is 0 Å². The van der Waals surface area contributed by atoms with Gasteiger partial charge in [0.15, 0.2) is 0 Å². The normalized spacial score (nSPS) is 27.5. The number of hydrogen-bond acceptors (Lipinski definition) is 4. The van der Waals surface area contributed by atoms with Crippen molar-refractivity contribution in [2.45, 2.75) is 76.4 Å². The molecule has 2 fully saturated rings. The van der Waals surface area contributed by atoms with Crippen LogP contribution in [0.2, 0.25) is 0 Å². The monoisotopic (exact) mass is 340 g/mol. The lowest BCUT2D eigenvalue weighted by atomic mass is 9.84. The van der Waals surface area contributed by atoms with E-state index in [0.717, 1.165) is 25.7 Å². The molecule has 1 saturated carbocycles. The molecular weight excluding hydrogens is 312 g/mol. The molecule has 24 heavy (non-hydrogen) atoms. The van der Waals surface area contributed by atoms with E-state index in [-0.39, 0.29) is 18.4 Å². The Morgan fingerprint density at radius 1 is 1.17 bits per heavy atom. The topological polar surface area (TPSA) is 107 Å². The van der Waals surface area contributed by atoms with Crippen molar-refractivity contribution in [2.75, 3.05) is 6.54 Å². The second-order valence-corrected chi connectivity index (χ2v) is 6.97. The van der Waals surface area contributed by atoms with Crippen LogP contribution in [-0.2, 0) is 14.4 Å². The Labute approximate surface area is 142 Å². The number of likely N-dealkylation sites (tertiary alicyclic amines) is 1. The molecule has 136 valence electrons. The summed E-state index contributed by atoms with van der Waals surface area (Å²) in [4.78, 5) is 36.5. The van der Waals surface area contributed by atoms with E-state index in [1.807, 2.05) is 0 Å². The van der Waals surface area contributed by atoms with E-state index in [1.165, 1.54) is 0 Å². The maximum Gasteiger partial charge on any atom is 0.326 e. The number of rotatable bonds is 8. The Bertz CT molecular complexity index is 482. The zero-order chi connectivity index (χ0) is 17.7. The Morgan fingerprint density at radius 3 is 2.54 bits per heavy atom. The van der Waals surface area contributed by atoms with Crippen LogP contribution < -0.4 is 5.32 Å². The molecule has 0 aromatic carbocycles. The van der Waals surface area contributed by atoms with Crippen molar-refractivity contribution in [1.29, 1.82) is 0 Å². The summed E-state index contributed by atoms with van der Waals surface area (Å²) in [5.41, 5.74) is 0. The van der Waals surface area contributed by atoms with Crippen molar-refractivity contribution in [2.24, 2.45) is 5.92 Å². The lowest BCUT2D eigenvalue weighted by Gasteiger charge is -2.34. The first-order valence-electron chi connectivity index (χ1n) is 8.92. The van der Waals surface area contributed by atoms with E-state index in [9.17, 15) is 19.5 Å². The van der Waals surface area contributed by atoms with Gasteiger partial charge in [0.2, 0.25) is 5.91 Å². The summed E-state index contributed by atoms with van der Waals surface area (Å²) in [6.07, 6.45) is 6.01. The van der Waals surface area contributed by atoms with Crippen LogP contribution in [-0.4, -0.2) is 57.6 Å². The van der Waals surface area contributed by atoms with Crippen LogP contribution in [0.25, 0.3) is 0 Å². The third-order valence-corrected chi connectivity index (χ3v) is 5.27. The lowest BCUT2D eigenvalue weighted by molar-refractivity contribution is -0.150. The third-order valence-electron chi connectivity index (χ3n) is 5.27. The number of fused-ring (bicyclic) bond motifs is 1. The quantitative estimate of drug-likeness (QED) is 0.578. The summed E-state index contributed by atoms with van der Waals surface area (Å²) in [7, 11) is 0. The van der Waals surface area contributed by atoms with Crippen molar-refractivity contribution in [3.8, 4) is 0 Å². The highest BCUT2D eigenvalue weighted by atomic mass is 16.4. The van der Waals surface area contributed by atoms with Gasteiger partial charge >= 0.3 is 11.9 Å². The highest BCUT2D eigenvalue weighted by Gasteiger charge is 2.48. The fraction of sp³-hybridized carbons (Fsp3) is 0.824. The van der Waals surface area contributed by atoms with Crippen molar-refractivity contribution in [1.82, 2.24) is 10.2 Å². The number of aliphatic carboxylic acids is 2. The molecule has 1 aliphatic carbocycles. The number of amides is 1. The van der Waals surface area contributed by atoms with Crippen LogP contribution in [0, 0.1) is 5.92 Å². The number of carbonyl (C=O) groups is 3.